The fourth-order valence-electron chi connectivity index (χ4n) is 2.70. The summed E-state index contributed by atoms with van der Waals surface area (Å²) in [6.07, 6.45) is 4.81. The van der Waals surface area contributed by atoms with Gasteiger partial charge in [-0.15, -0.1) is 0 Å². The van der Waals surface area contributed by atoms with Gasteiger partial charge >= 0.3 is 0 Å². The van der Waals surface area contributed by atoms with E-state index in [1.807, 2.05) is 0 Å². The zero-order valence-electron chi connectivity index (χ0n) is 11.5. The summed E-state index contributed by atoms with van der Waals surface area (Å²) in [7, 11) is 1.54. The topological polar surface area (TPSA) is 38.3 Å². The van der Waals surface area contributed by atoms with Gasteiger partial charge in [0.15, 0.2) is 0 Å². The van der Waals surface area contributed by atoms with Crippen molar-refractivity contribution < 1.29 is 9.53 Å². The van der Waals surface area contributed by atoms with E-state index in [1.165, 1.54) is 12.8 Å². The number of halogens is 2. The molecule has 3 nitrogen and oxygen atoms in total. The van der Waals surface area contributed by atoms with Crippen LogP contribution in [0, 0.1) is 5.41 Å². The van der Waals surface area contributed by atoms with Crippen LogP contribution in [0.3, 0.4) is 0 Å². The van der Waals surface area contributed by atoms with E-state index >= 15 is 0 Å². The van der Waals surface area contributed by atoms with E-state index in [9.17, 15) is 4.79 Å². The second-order valence-corrected chi connectivity index (χ2v) is 6.37. The van der Waals surface area contributed by atoms with E-state index in [0.29, 0.717) is 22.9 Å². The summed E-state index contributed by atoms with van der Waals surface area (Å²) in [6, 6.07) is 5.06. The maximum atomic E-state index is 12.3. The van der Waals surface area contributed by atoms with Crippen LogP contribution >= 0.6 is 27.5 Å². The van der Waals surface area contributed by atoms with Gasteiger partial charge in [0.2, 0.25) is 0 Å². The number of rotatable bonds is 5. The average molecular weight is 361 g/mol. The predicted molar refractivity (Wildman–Crippen MR) is 85.0 cm³/mol. The molecule has 0 saturated heterocycles. The number of benzene rings is 1. The molecule has 1 N–H and O–H groups in total. The van der Waals surface area contributed by atoms with Crippen LogP contribution in [0.2, 0.25) is 5.02 Å². The molecular weight excluding hydrogens is 342 g/mol. The first kappa shape index (κ1) is 15.6. The van der Waals surface area contributed by atoms with E-state index in [4.69, 9.17) is 16.3 Å². The number of nitrogens with one attached hydrogen (secondary N) is 1. The number of methoxy groups -OCH3 is 1. The lowest BCUT2D eigenvalue weighted by Crippen LogP contribution is -2.37. The Hall–Kier alpha value is -0.740. The Morgan fingerprint density at radius 3 is 2.75 bits per heavy atom. The van der Waals surface area contributed by atoms with Crippen LogP contribution in [0.4, 0.5) is 0 Å². The lowest BCUT2D eigenvalue weighted by Gasteiger charge is -2.26. The largest absolute Gasteiger partial charge is 0.496 e. The summed E-state index contributed by atoms with van der Waals surface area (Å²) >= 11 is 9.49. The van der Waals surface area contributed by atoms with Crippen molar-refractivity contribution in [1.29, 1.82) is 0 Å². The molecule has 1 aliphatic rings. The summed E-state index contributed by atoms with van der Waals surface area (Å²) in [5, 5.41) is 4.52. The molecule has 0 aromatic heterocycles. The van der Waals surface area contributed by atoms with E-state index < -0.39 is 0 Å². The van der Waals surface area contributed by atoms with Gasteiger partial charge in [0, 0.05) is 16.9 Å². The van der Waals surface area contributed by atoms with Crippen LogP contribution in [0.25, 0.3) is 0 Å². The lowest BCUT2D eigenvalue weighted by atomic mass is 9.89. The number of ether oxygens (including phenoxy) is 1. The molecule has 110 valence electrons. The average Bonchev–Trinajstić information content (AvgIpc) is 2.94. The molecule has 0 spiro atoms. The van der Waals surface area contributed by atoms with E-state index in [0.717, 1.165) is 18.2 Å². The molecule has 0 radical (unpaired) electrons. The Labute approximate surface area is 133 Å². The summed E-state index contributed by atoms with van der Waals surface area (Å²) in [6.45, 7) is 0.697. The molecule has 0 bridgehead atoms. The summed E-state index contributed by atoms with van der Waals surface area (Å²) < 4.78 is 5.22. The summed E-state index contributed by atoms with van der Waals surface area (Å²) in [5.41, 5.74) is 0.731. The van der Waals surface area contributed by atoms with E-state index in [1.54, 1.807) is 25.3 Å². The highest BCUT2D eigenvalue weighted by Crippen LogP contribution is 2.39. The highest BCUT2D eigenvalue weighted by molar-refractivity contribution is 9.09. The van der Waals surface area contributed by atoms with Gasteiger partial charge in [0.1, 0.15) is 5.75 Å². The third kappa shape index (κ3) is 3.47. The molecule has 0 heterocycles. The molecular formula is C15H19BrClNO2. The minimum atomic E-state index is -0.106. The first-order valence-electron chi connectivity index (χ1n) is 6.78. The van der Waals surface area contributed by atoms with Gasteiger partial charge in [-0.3, -0.25) is 4.79 Å². The monoisotopic (exact) mass is 359 g/mol. The number of carbonyl (C=O) groups excluding carboxylic acids is 1. The van der Waals surface area contributed by atoms with Crippen LogP contribution in [-0.2, 0) is 0 Å². The number of hydrogen-bond donors (Lipinski definition) is 1. The zero-order valence-corrected chi connectivity index (χ0v) is 13.9. The number of carbonyl (C=O) groups is 1. The minimum absolute atomic E-state index is 0.106. The summed E-state index contributed by atoms with van der Waals surface area (Å²) in [4.78, 5) is 12.3. The summed E-state index contributed by atoms with van der Waals surface area (Å²) in [5.74, 6) is 0.403. The van der Waals surface area contributed by atoms with Gasteiger partial charge < -0.3 is 10.1 Å². The molecule has 1 amide bonds. The number of hydrogen-bond acceptors (Lipinski definition) is 2. The Morgan fingerprint density at radius 1 is 1.45 bits per heavy atom. The standard InChI is InChI=1S/C15H19BrClNO2/c1-20-13-8-11(17)4-5-12(13)14(19)18-10-15(9-16)6-2-3-7-15/h4-5,8H,2-3,6-7,9-10H2,1H3,(H,18,19). The van der Waals surface area contributed by atoms with Crippen molar-refractivity contribution in [2.24, 2.45) is 5.41 Å². The second kappa shape index (κ2) is 6.81. The molecule has 1 saturated carbocycles. The van der Waals surface area contributed by atoms with Gasteiger partial charge in [-0.05, 0) is 36.5 Å². The van der Waals surface area contributed by atoms with Crippen molar-refractivity contribution >= 4 is 33.4 Å². The lowest BCUT2D eigenvalue weighted by molar-refractivity contribution is 0.0932. The van der Waals surface area contributed by atoms with Gasteiger partial charge in [-0.2, -0.15) is 0 Å². The Morgan fingerprint density at radius 2 is 2.15 bits per heavy atom. The second-order valence-electron chi connectivity index (χ2n) is 5.37. The van der Waals surface area contributed by atoms with Crippen molar-refractivity contribution in [2.75, 3.05) is 19.0 Å². The van der Waals surface area contributed by atoms with E-state index in [-0.39, 0.29) is 11.3 Å². The zero-order chi connectivity index (χ0) is 14.6. The number of alkyl halides is 1. The van der Waals surface area contributed by atoms with Gasteiger partial charge in [-0.1, -0.05) is 40.4 Å². The van der Waals surface area contributed by atoms with Gasteiger partial charge in [0.05, 0.1) is 12.7 Å². The molecule has 1 aromatic carbocycles. The Balaban J connectivity index is 2.05. The third-order valence-electron chi connectivity index (χ3n) is 3.98. The predicted octanol–water partition coefficient (Wildman–Crippen LogP) is 4.03. The van der Waals surface area contributed by atoms with Crippen molar-refractivity contribution in [3.05, 3.63) is 28.8 Å². The minimum Gasteiger partial charge on any atom is -0.496 e. The van der Waals surface area contributed by atoms with Gasteiger partial charge in [-0.25, -0.2) is 0 Å². The molecule has 0 unspecified atom stereocenters. The molecule has 20 heavy (non-hydrogen) atoms. The number of amides is 1. The maximum absolute atomic E-state index is 12.3. The van der Waals surface area contributed by atoms with Crippen LogP contribution in [0.5, 0.6) is 5.75 Å². The molecule has 1 aliphatic carbocycles. The van der Waals surface area contributed by atoms with Crippen LogP contribution < -0.4 is 10.1 Å². The molecule has 5 heteroatoms. The van der Waals surface area contributed by atoms with Crippen molar-refractivity contribution in [1.82, 2.24) is 5.32 Å². The molecule has 1 fully saturated rings. The van der Waals surface area contributed by atoms with Crippen LogP contribution in [0.15, 0.2) is 18.2 Å². The highest BCUT2D eigenvalue weighted by Gasteiger charge is 2.33. The molecule has 1 aromatic rings. The molecule has 0 aliphatic heterocycles. The van der Waals surface area contributed by atoms with Crippen molar-refractivity contribution in [3.63, 3.8) is 0 Å². The fourth-order valence-corrected chi connectivity index (χ4v) is 3.62. The van der Waals surface area contributed by atoms with Crippen LogP contribution in [0.1, 0.15) is 36.0 Å². The Bertz CT molecular complexity index is 487. The maximum Gasteiger partial charge on any atom is 0.255 e. The smallest absolute Gasteiger partial charge is 0.255 e. The third-order valence-corrected chi connectivity index (χ3v) is 5.40. The Kier molecular flexibility index (Phi) is 5.33. The first-order valence-corrected chi connectivity index (χ1v) is 8.28. The quantitative estimate of drug-likeness (QED) is 0.805. The van der Waals surface area contributed by atoms with Crippen molar-refractivity contribution in [2.45, 2.75) is 25.7 Å². The van der Waals surface area contributed by atoms with Crippen molar-refractivity contribution in [3.8, 4) is 5.75 Å². The molecule has 0 atom stereocenters. The van der Waals surface area contributed by atoms with Crippen LogP contribution in [-0.4, -0.2) is 24.9 Å². The van der Waals surface area contributed by atoms with Gasteiger partial charge in [0.25, 0.3) is 5.91 Å². The highest BCUT2D eigenvalue weighted by atomic mass is 79.9. The first-order chi connectivity index (χ1) is 9.60. The fraction of sp³-hybridized carbons (Fsp3) is 0.533. The van der Waals surface area contributed by atoms with E-state index in [2.05, 4.69) is 21.2 Å². The normalized spacial score (nSPS) is 16.9. The molecule has 2 rings (SSSR count). The SMILES string of the molecule is COc1cc(Cl)ccc1C(=O)NCC1(CBr)CCCC1.